The Kier molecular flexibility index (Phi) is 4.53. The predicted octanol–water partition coefficient (Wildman–Crippen LogP) is 3.88. The second-order valence-corrected chi connectivity index (χ2v) is 4.64. The molecule has 0 bridgehead atoms. The molecule has 1 aromatic heterocycles. The van der Waals surface area contributed by atoms with Gasteiger partial charge in [-0.05, 0) is 41.7 Å². The standard InChI is InChI=1S/C16H19NO2/c1-3-12(2)14-5-7-15(8-6-14)19-16-9-4-13(11-18)10-17-16/h4-10,12,18H,3,11H2,1-2H3. The molecule has 19 heavy (non-hydrogen) atoms. The molecular weight excluding hydrogens is 238 g/mol. The molecule has 3 heteroatoms. The molecule has 0 amide bonds. The molecule has 3 nitrogen and oxygen atoms in total. The third kappa shape index (κ3) is 3.55. The lowest BCUT2D eigenvalue weighted by Gasteiger charge is -2.10. The van der Waals surface area contributed by atoms with Gasteiger partial charge in [-0.2, -0.15) is 0 Å². The minimum Gasteiger partial charge on any atom is -0.439 e. The van der Waals surface area contributed by atoms with E-state index in [1.807, 2.05) is 12.1 Å². The van der Waals surface area contributed by atoms with Gasteiger partial charge in [-0.25, -0.2) is 4.98 Å². The molecular formula is C16H19NO2. The van der Waals surface area contributed by atoms with Gasteiger partial charge in [0.15, 0.2) is 0 Å². The largest absolute Gasteiger partial charge is 0.439 e. The Labute approximate surface area is 113 Å². The average molecular weight is 257 g/mol. The Morgan fingerprint density at radius 3 is 2.42 bits per heavy atom. The quantitative estimate of drug-likeness (QED) is 0.883. The topological polar surface area (TPSA) is 42.4 Å². The van der Waals surface area contributed by atoms with Crippen LogP contribution in [-0.2, 0) is 6.61 Å². The number of nitrogens with zero attached hydrogens (tertiary/aromatic N) is 1. The van der Waals surface area contributed by atoms with E-state index in [4.69, 9.17) is 9.84 Å². The Morgan fingerprint density at radius 2 is 1.89 bits per heavy atom. The normalized spacial score (nSPS) is 12.2. The van der Waals surface area contributed by atoms with Gasteiger partial charge in [0.25, 0.3) is 0 Å². The van der Waals surface area contributed by atoms with E-state index in [0.717, 1.165) is 17.7 Å². The van der Waals surface area contributed by atoms with Gasteiger partial charge < -0.3 is 9.84 Å². The number of benzene rings is 1. The van der Waals surface area contributed by atoms with E-state index in [-0.39, 0.29) is 6.61 Å². The lowest BCUT2D eigenvalue weighted by Crippen LogP contribution is -1.92. The van der Waals surface area contributed by atoms with E-state index in [9.17, 15) is 0 Å². The van der Waals surface area contributed by atoms with Crippen molar-refractivity contribution in [3.8, 4) is 11.6 Å². The van der Waals surface area contributed by atoms with E-state index in [1.165, 1.54) is 5.56 Å². The Hall–Kier alpha value is -1.87. The van der Waals surface area contributed by atoms with Crippen LogP contribution >= 0.6 is 0 Å². The average Bonchev–Trinajstić information content (AvgIpc) is 2.48. The molecule has 0 saturated heterocycles. The van der Waals surface area contributed by atoms with E-state index >= 15 is 0 Å². The second-order valence-electron chi connectivity index (χ2n) is 4.64. The van der Waals surface area contributed by atoms with Crippen molar-refractivity contribution in [2.45, 2.75) is 32.8 Å². The fourth-order valence-electron chi connectivity index (χ4n) is 1.79. The molecule has 1 unspecified atom stereocenters. The Bertz CT molecular complexity index is 505. The molecule has 1 N–H and O–H groups in total. The summed E-state index contributed by atoms with van der Waals surface area (Å²) in [6.07, 6.45) is 2.74. The number of aliphatic hydroxyl groups is 1. The maximum Gasteiger partial charge on any atom is 0.219 e. The summed E-state index contributed by atoms with van der Waals surface area (Å²) in [4.78, 5) is 4.14. The van der Waals surface area contributed by atoms with Crippen LogP contribution in [0.2, 0.25) is 0 Å². The fourth-order valence-corrected chi connectivity index (χ4v) is 1.79. The van der Waals surface area contributed by atoms with Crippen LogP contribution in [0.1, 0.15) is 37.3 Å². The van der Waals surface area contributed by atoms with E-state index in [1.54, 1.807) is 18.3 Å². The van der Waals surface area contributed by atoms with Crippen LogP contribution in [0.15, 0.2) is 42.6 Å². The summed E-state index contributed by atoms with van der Waals surface area (Å²) >= 11 is 0. The molecule has 2 rings (SSSR count). The number of ether oxygens (including phenoxy) is 1. The van der Waals surface area contributed by atoms with Gasteiger partial charge in [0.1, 0.15) is 5.75 Å². The second kappa shape index (κ2) is 6.34. The first-order valence-electron chi connectivity index (χ1n) is 6.56. The molecule has 0 aliphatic rings. The fraction of sp³-hybridized carbons (Fsp3) is 0.312. The van der Waals surface area contributed by atoms with Crippen LogP contribution in [0.3, 0.4) is 0 Å². The summed E-state index contributed by atoms with van der Waals surface area (Å²) < 4.78 is 5.65. The molecule has 1 aromatic carbocycles. The highest BCUT2D eigenvalue weighted by Crippen LogP contribution is 2.24. The maximum atomic E-state index is 8.94. The zero-order valence-electron chi connectivity index (χ0n) is 11.3. The van der Waals surface area contributed by atoms with Crippen LogP contribution < -0.4 is 4.74 Å². The van der Waals surface area contributed by atoms with Crippen LogP contribution in [0.25, 0.3) is 0 Å². The number of aliphatic hydroxyl groups excluding tert-OH is 1. The molecule has 0 aliphatic carbocycles. The van der Waals surface area contributed by atoms with E-state index < -0.39 is 0 Å². The Morgan fingerprint density at radius 1 is 1.16 bits per heavy atom. The highest BCUT2D eigenvalue weighted by atomic mass is 16.5. The van der Waals surface area contributed by atoms with E-state index in [2.05, 4.69) is 31.0 Å². The van der Waals surface area contributed by atoms with Crippen molar-refractivity contribution in [3.05, 3.63) is 53.7 Å². The molecule has 1 heterocycles. The number of pyridine rings is 1. The molecule has 0 radical (unpaired) electrons. The van der Waals surface area contributed by atoms with Gasteiger partial charge in [-0.15, -0.1) is 0 Å². The van der Waals surface area contributed by atoms with Crippen LogP contribution in [0, 0.1) is 0 Å². The van der Waals surface area contributed by atoms with Crippen molar-refractivity contribution in [1.82, 2.24) is 4.98 Å². The summed E-state index contributed by atoms with van der Waals surface area (Å²) in [5.74, 6) is 1.88. The number of hydrogen-bond donors (Lipinski definition) is 1. The number of aromatic nitrogens is 1. The highest BCUT2D eigenvalue weighted by molar-refractivity contribution is 5.32. The minimum absolute atomic E-state index is 0.00309. The van der Waals surface area contributed by atoms with Gasteiger partial charge in [0.2, 0.25) is 5.88 Å². The van der Waals surface area contributed by atoms with Gasteiger partial charge in [0, 0.05) is 12.3 Å². The first-order chi connectivity index (χ1) is 9.22. The van der Waals surface area contributed by atoms with Gasteiger partial charge in [-0.3, -0.25) is 0 Å². The van der Waals surface area contributed by atoms with Crippen molar-refractivity contribution in [2.24, 2.45) is 0 Å². The number of rotatable bonds is 5. The van der Waals surface area contributed by atoms with Crippen molar-refractivity contribution in [3.63, 3.8) is 0 Å². The smallest absolute Gasteiger partial charge is 0.219 e. The summed E-state index contributed by atoms with van der Waals surface area (Å²) in [6, 6.07) is 11.7. The van der Waals surface area contributed by atoms with E-state index in [0.29, 0.717) is 11.8 Å². The monoisotopic (exact) mass is 257 g/mol. The molecule has 0 spiro atoms. The molecule has 1 atom stereocenters. The lowest BCUT2D eigenvalue weighted by molar-refractivity contribution is 0.281. The number of hydrogen-bond acceptors (Lipinski definition) is 3. The third-order valence-electron chi connectivity index (χ3n) is 3.26. The third-order valence-corrected chi connectivity index (χ3v) is 3.26. The summed E-state index contributed by atoms with van der Waals surface area (Å²) in [6.45, 7) is 4.39. The first kappa shape index (κ1) is 13.6. The molecule has 0 saturated carbocycles. The molecule has 0 fully saturated rings. The first-order valence-corrected chi connectivity index (χ1v) is 6.56. The molecule has 2 aromatic rings. The van der Waals surface area contributed by atoms with Crippen molar-refractivity contribution in [1.29, 1.82) is 0 Å². The zero-order valence-corrected chi connectivity index (χ0v) is 11.3. The van der Waals surface area contributed by atoms with Gasteiger partial charge in [-0.1, -0.05) is 26.0 Å². The minimum atomic E-state index is -0.00309. The van der Waals surface area contributed by atoms with Crippen molar-refractivity contribution in [2.75, 3.05) is 0 Å². The molecule has 0 aliphatic heterocycles. The van der Waals surface area contributed by atoms with Crippen molar-refractivity contribution >= 4 is 0 Å². The SMILES string of the molecule is CCC(C)c1ccc(Oc2ccc(CO)cn2)cc1. The molecule has 100 valence electrons. The Balaban J connectivity index is 2.06. The highest BCUT2D eigenvalue weighted by Gasteiger charge is 2.04. The van der Waals surface area contributed by atoms with Crippen molar-refractivity contribution < 1.29 is 9.84 Å². The zero-order chi connectivity index (χ0) is 13.7. The van der Waals surface area contributed by atoms with Crippen LogP contribution in [-0.4, -0.2) is 10.1 Å². The predicted molar refractivity (Wildman–Crippen MR) is 75.4 cm³/mol. The van der Waals surface area contributed by atoms with Gasteiger partial charge >= 0.3 is 0 Å². The lowest BCUT2D eigenvalue weighted by atomic mass is 9.99. The summed E-state index contributed by atoms with van der Waals surface area (Å²) in [7, 11) is 0. The summed E-state index contributed by atoms with van der Waals surface area (Å²) in [5.41, 5.74) is 2.10. The van der Waals surface area contributed by atoms with Gasteiger partial charge in [0.05, 0.1) is 6.61 Å². The van der Waals surface area contributed by atoms with Crippen LogP contribution in [0.5, 0.6) is 11.6 Å². The summed E-state index contributed by atoms with van der Waals surface area (Å²) in [5, 5.41) is 8.94. The van der Waals surface area contributed by atoms with Crippen LogP contribution in [0.4, 0.5) is 0 Å². The maximum absolute atomic E-state index is 8.94.